The molecule has 0 aromatic heterocycles. The zero-order valence-electron chi connectivity index (χ0n) is 14.1. The molecule has 8 nitrogen and oxygen atoms in total. The highest BCUT2D eigenvalue weighted by molar-refractivity contribution is 7.92. The molecule has 0 spiro atoms. The fraction of sp³-hybridized carbons (Fsp3) is 0.500. The molecule has 1 heterocycles. The number of anilines is 2. The van der Waals surface area contributed by atoms with Crippen molar-refractivity contribution < 1.29 is 22.7 Å². The molecule has 1 atom stereocenters. The lowest BCUT2D eigenvalue weighted by molar-refractivity contribution is -0.121. The van der Waals surface area contributed by atoms with E-state index in [0.717, 1.165) is 12.8 Å². The number of ether oxygens (including phenoxy) is 1. The van der Waals surface area contributed by atoms with Crippen LogP contribution in [0.5, 0.6) is 0 Å². The Kier molecular flexibility index (Phi) is 6.77. The topological polar surface area (TPSA) is 114 Å². The third-order valence-electron chi connectivity index (χ3n) is 3.61. The first-order valence-corrected chi connectivity index (χ1v) is 9.76. The lowest BCUT2D eigenvalue weighted by Gasteiger charge is -2.12. The summed E-state index contributed by atoms with van der Waals surface area (Å²) in [6.07, 6.45) is 1.78. The van der Waals surface area contributed by atoms with Gasteiger partial charge in [-0.2, -0.15) is 0 Å². The molecule has 0 saturated carbocycles. The van der Waals surface area contributed by atoms with Gasteiger partial charge in [-0.1, -0.05) is 6.07 Å². The predicted octanol–water partition coefficient (Wildman–Crippen LogP) is 1.07. The van der Waals surface area contributed by atoms with E-state index in [4.69, 9.17) is 4.74 Å². The van der Waals surface area contributed by atoms with Gasteiger partial charge >= 0.3 is 0 Å². The largest absolute Gasteiger partial charge is 0.376 e. The molecule has 2 amide bonds. The summed E-state index contributed by atoms with van der Waals surface area (Å²) in [5.41, 5.74) is 0.813. The normalized spacial score (nSPS) is 17.1. The summed E-state index contributed by atoms with van der Waals surface area (Å²) in [5, 5.41) is 5.26. The van der Waals surface area contributed by atoms with Crippen LogP contribution >= 0.6 is 0 Å². The second kappa shape index (κ2) is 8.82. The zero-order valence-corrected chi connectivity index (χ0v) is 14.9. The highest BCUT2D eigenvalue weighted by Gasteiger charge is 2.18. The van der Waals surface area contributed by atoms with E-state index in [9.17, 15) is 18.0 Å². The van der Waals surface area contributed by atoms with Crippen molar-refractivity contribution in [2.45, 2.75) is 32.3 Å². The minimum absolute atomic E-state index is 0.0233. The molecule has 9 heteroatoms. The van der Waals surface area contributed by atoms with Crippen molar-refractivity contribution in [1.82, 2.24) is 5.32 Å². The number of nitrogens with one attached hydrogen (secondary N) is 3. The summed E-state index contributed by atoms with van der Waals surface area (Å²) in [6, 6.07) is 6.35. The lowest BCUT2D eigenvalue weighted by Crippen LogP contribution is -2.33. The van der Waals surface area contributed by atoms with Gasteiger partial charge in [0.2, 0.25) is 21.8 Å². The van der Waals surface area contributed by atoms with Crippen LogP contribution in [-0.2, 0) is 24.3 Å². The molecule has 138 valence electrons. The molecule has 0 radical (unpaired) electrons. The molecule has 1 aromatic carbocycles. The molecule has 0 aliphatic carbocycles. The Morgan fingerprint density at radius 1 is 1.28 bits per heavy atom. The average molecular weight is 369 g/mol. The SMILES string of the molecule is CC(=O)Nc1cccc(NS(=O)(=O)CCC(=O)NCC2CCCO2)c1. The Bertz CT molecular complexity index is 714. The van der Waals surface area contributed by atoms with Gasteiger partial charge in [-0.25, -0.2) is 8.42 Å². The maximum Gasteiger partial charge on any atom is 0.233 e. The molecular weight excluding hydrogens is 346 g/mol. The smallest absolute Gasteiger partial charge is 0.233 e. The van der Waals surface area contributed by atoms with Gasteiger partial charge in [-0.15, -0.1) is 0 Å². The van der Waals surface area contributed by atoms with Crippen LogP contribution in [0.1, 0.15) is 26.2 Å². The van der Waals surface area contributed by atoms with Crippen LogP contribution in [0.4, 0.5) is 11.4 Å². The fourth-order valence-electron chi connectivity index (χ4n) is 2.44. The van der Waals surface area contributed by atoms with Crippen molar-refractivity contribution in [2.75, 3.05) is 28.9 Å². The van der Waals surface area contributed by atoms with Gasteiger partial charge in [-0.3, -0.25) is 14.3 Å². The molecule has 1 saturated heterocycles. The van der Waals surface area contributed by atoms with Crippen molar-refractivity contribution in [1.29, 1.82) is 0 Å². The van der Waals surface area contributed by atoms with Crippen LogP contribution in [-0.4, -0.2) is 45.2 Å². The number of amides is 2. The second-order valence-corrected chi connectivity index (χ2v) is 7.71. The van der Waals surface area contributed by atoms with Gasteiger partial charge in [0.05, 0.1) is 17.5 Å². The molecule has 1 aliphatic rings. The number of sulfonamides is 1. The van der Waals surface area contributed by atoms with Crippen LogP contribution in [0.2, 0.25) is 0 Å². The summed E-state index contributed by atoms with van der Waals surface area (Å²) in [6.45, 7) is 2.48. The van der Waals surface area contributed by atoms with Gasteiger partial charge in [0.25, 0.3) is 0 Å². The number of carbonyl (C=O) groups excluding carboxylic acids is 2. The Morgan fingerprint density at radius 3 is 2.72 bits per heavy atom. The number of rotatable bonds is 8. The number of carbonyl (C=O) groups is 2. The molecule has 25 heavy (non-hydrogen) atoms. The van der Waals surface area contributed by atoms with Gasteiger partial charge in [0.1, 0.15) is 0 Å². The van der Waals surface area contributed by atoms with Crippen molar-refractivity contribution in [3.05, 3.63) is 24.3 Å². The van der Waals surface area contributed by atoms with E-state index < -0.39 is 10.0 Å². The fourth-order valence-corrected chi connectivity index (χ4v) is 3.49. The molecule has 2 rings (SSSR count). The molecule has 1 aliphatic heterocycles. The van der Waals surface area contributed by atoms with Crippen LogP contribution < -0.4 is 15.4 Å². The highest BCUT2D eigenvalue weighted by atomic mass is 32.2. The molecule has 1 aromatic rings. The molecular formula is C16H23N3O5S. The zero-order chi connectivity index (χ0) is 18.3. The number of hydrogen-bond donors (Lipinski definition) is 3. The molecule has 3 N–H and O–H groups in total. The molecule has 1 unspecified atom stereocenters. The summed E-state index contributed by atoms with van der Waals surface area (Å²) in [7, 11) is -3.67. The van der Waals surface area contributed by atoms with E-state index >= 15 is 0 Å². The van der Waals surface area contributed by atoms with Crippen molar-refractivity contribution in [2.24, 2.45) is 0 Å². The van der Waals surface area contributed by atoms with Gasteiger partial charge in [0.15, 0.2) is 0 Å². The van der Waals surface area contributed by atoms with Crippen molar-refractivity contribution >= 4 is 33.2 Å². The minimum Gasteiger partial charge on any atom is -0.376 e. The standard InChI is InChI=1S/C16H23N3O5S/c1-12(20)18-13-4-2-5-14(10-13)19-25(22,23)9-7-16(21)17-11-15-6-3-8-24-15/h2,4-5,10,15,19H,3,6-9,11H2,1H3,(H,17,21)(H,18,20). The highest BCUT2D eigenvalue weighted by Crippen LogP contribution is 2.16. The Hall–Kier alpha value is -2.13. The maximum atomic E-state index is 12.1. The first kappa shape index (κ1) is 19.2. The minimum atomic E-state index is -3.67. The van der Waals surface area contributed by atoms with Crippen molar-refractivity contribution in [3.63, 3.8) is 0 Å². The Labute approximate surface area is 147 Å². The van der Waals surface area contributed by atoms with E-state index in [1.807, 2.05) is 0 Å². The average Bonchev–Trinajstić information content (AvgIpc) is 3.04. The van der Waals surface area contributed by atoms with E-state index in [-0.39, 0.29) is 30.1 Å². The lowest BCUT2D eigenvalue weighted by atomic mass is 10.2. The first-order valence-electron chi connectivity index (χ1n) is 8.10. The van der Waals surface area contributed by atoms with Crippen LogP contribution in [0.3, 0.4) is 0 Å². The Balaban J connectivity index is 1.80. The van der Waals surface area contributed by atoms with E-state index in [2.05, 4.69) is 15.4 Å². The maximum absolute atomic E-state index is 12.1. The van der Waals surface area contributed by atoms with Crippen LogP contribution in [0.25, 0.3) is 0 Å². The summed E-state index contributed by atoms with van der Waals surface area (Å²) >= 11 is 0. The quantitative estimate of drug-likeness (QED) is 0.634. The van der Waals surface area contributed by atoms with Crippen molar-refractivity contribution in [3.8, 4) is 0 Å². The van der Waals surface area contributed by atoms with Gasteiger partial charge < -0.3 is 15.4 Å². The first-order chi connectivity index (χ1) is 11.8. The number of hydrogen-bond acceptors (Lipinski definition) is 5. The van der Waals surface area contributed by atoms with E-state index in [0.29, 0.717) is 24.5 Å². The summed E-state index contributed by atoms with van der Waals surface area (Å²) in [5.74, 6) is -0.898. The monoisotopic (exact) mass is 369 g/mol. The van der Waals surface area contributed by atoms with Gasteiger partial charge in [0, 0.05) is 32.2 Å². The van der Waals surface area contributed by atoms with Gasteiger partial charge in [-0.05, 0) is 31.0 Å². The third kappa shape index (κ3) is 7.10. The Morgan fingerprint density at radius 2 is 2.04 bits per heavy atom. The summed E-state index contributed by atoms with van der Waals surface area (Å²) < 4.78 is 32.0. The molecule has 0 bridgehead atoms. The summed E-state index contributed by atoms with van der Waals surface area (Å²) in [4.78, 5) is 22.8. The number of benzene rings is 1. The molecule has 1 fully saturated rings. The van der Waals surface area contributed by atoms with E-state index in [1.165, 1.54) is 13.0 Å². The van der Waals surface area contributed by atoms with E-state index in [1.54, 1.807) is 18.2 Å². The van der Waals surface area contributed by atoms with Crippen LogP contribution in [0.15, 0.2) is 24.3 Å². The van der Waals surface area contributed by atoms with Crippen LogP contribution in [0, 0.1) is 0 Å². The second-order valence-electron chi connectivity index (χ2n) is 5.87. The predicted molar refractivity (Wildman–Crippen MR) is 94.8 cm³/mol. The third-order valence-corrected chi connectivity index (χ3v) is 4.89.